The van der Waals surface area contributed by atoms with Gasteiger partial charge in [-0.25, -0.2) is 0 Å². The second kappa shape index (κ2) is 11.0. The van der Waals surface area contributed by atoms with Gasteiger partial charge in [0.05, 0.1) is 17.5 Å². The third kappa shape index (κ3) is 5.07. The maximum Gasteiger partial charge on any atom is 0.416 e. The molecule has 1 saturated carbocycles. The first-order chi connectivity index (χ1) is 21.9. The highest BCUT2D eigenvalue weighted by atomic mass is 19.4. The van der Waals surface area contributed by atoms with Crippen molar-refractivity contribution < 1.29 is 22.8 Å². The van der Waals surface area contributed by atoms with Crippen molar-refractivity contribution in [3.63, 3.8) is 0 Å². The summed E-state index contributed by atoms with van der Waals surface area (Å²) in [6.45, 7) is 6.65. The third-order valence-electron chi connectivity index (χ3n) is 10.5. The lowest BCUT2D eigenvalue weighted by Gasteiger charge is -2.46. The molecule has 0 bridgehead atoms. The van der Waals surface area contributed by atoms with Crippen molar-refractivity contribution in [2.24, 2.45) is 18.4 Å². The Kier molecular flexibility index (Phi) is 7.27. The highest BCUT2D eigenvalue weighted by molar-refractivity contribution is 6.10. The van der Waals surface area contributed by atoms with Gasteiger partial charge in [0, 0.05) is 49.9 Å². The number of hydrogen-bond acceptors (Lipinski definition) is 5. The van der Waals surface area contributed by atoms with Crippen molar-refractivity contribution in [1.29, 1.82) is 0 Å². The van der Waals surface area contributed by atoms with Crippen LogP contribution in [0.4, 0.5) is 18.9 Å². The van der Waals surface area contributed by atoms with E-state index in [1.165, 1.54) is 11.0 Å². The number of nitrogens with zero attached hydrogens (tertiary/aromatic N) is 6. The first kappa shape index (κ1) is 30.5. The molecule has 4 aliphatic rings. The standard InChI is InChI=1S/C35H37F3N6O2/c1-4-6-30(45)43-12-10-33(21-43)9-11-42(20-33)18-24-13-27-28(29(14-24)35(36,37)38)19-44(31(27)46)26-8-5-7-25(15-26)34(16-23(2)17-34)32-40-39-22-41(32)3/h5,7-8,13-15,22-23H,9-12,16-21H2,1-3H3/t23?,33-,34?/m0/s1. The summed E-state index contributed by atoms with van der Waals surface area (Å²) in [6, 6.07) is 10.5. The fraction of sp³-hybridized carbons (Fsp3) is 0.486. The molecule has 3 fully saturated rings. The van der Waals surface area contributed by atoms with E-state index in [9.17, 15) is 22.8 Å². The molecule has 2 aromatic carbocycles. The van der Waals surface area contributed by atoms with Gasteiger partial charge in [-0.15, -0.1) is 10.2 Å². The Labute approximate surface area is 266 Å². The molecule has 3 aliphatic heterocycles. The summed E-state index contributed by atoms with van der Waals surface area (Å²) >= 11 is 0. The predicted octanol–water partition coefficient (Wildman–Crippen LogP) is 5.16. The van der Waals surface area contributed by atoms with E-state index in [2.05, 4.69) is 33.9 Å². The molecule has 8 nitrogen and oxygen atoms in total. The van der Waals surface area contributed by atoms with Crippen LogP contribution in [-0.2, 0) is 36.5 Å². The van der Waals surface area contributed by atoms with Gasteiger partial charge in [-0.3, -0.25) is 14.5 Å². The van der Waals surface area contributed by atoms with Crippen LogP contribution in [0.5, 0.6) is 0 Å². The largest absolute Gasteiger partial charge is 0.416 e. The van der Waals surface area contributed by atoms with E-state index < -0.39 is 17.6 Å². The Hall–Kier alpha value is -4.17. The number of aryl methyl sites for hydroxylation is 1. The molecule has 1 spiro atoms. The molecule has 1 aromatic heterocycles. The van der Waals surface area contributed by atoms with Gasteiger partial charge in [0.25, 0.3) is 11.8 Å². The summed E-state index contributed by atoms with van der Waals surface area (Å²) in [4.78, 5) is 31.6. The molecule has 4 heterocycles. The van der Waals surface area contributed by atoms with Crippen LogP contribution in [0.3, 0.4) is 0 Å². The SMILES string of the molecule is CC#CC(=O)N1CC[C@]2(CCN(Cc3cc4c(c(C(F)(F)F)c3)CN(c3cccc(C5(c6nncn6C)CC(C)C5)c3)C4=O)C2)C1. The van der Waals surface area contributed by atoms with Crippen molar-refractivity contribution in [2.75, 3.05) is 31.1 Å². The number of benzene rings is 2. The van der Waals surface area contributed by atoms with Crippen molar-refractivity contribution in [2.45, 2.75) is 64.2 Å². The van der Waals surface area contributed by atoms with Gasteiger partial charge < -0.3 is 14.4 Å². The number of fused-ring (bicyclic) bond motifs is 1. The highest BCUT2D eigenvalue weighted by Crippen LogP contribution is 2.52. The van der Waals surface area contributed by atoms with Gasteiger partial charge in [0.2, 0.25) is 0 Å². The lowest BCUT2D eigenvalue weighted by atomic mass is 9.58. The average molecular weight is 631 g/mol. The van der Waals surface area contributed by atoms with Gasteiger partial charge in [0.1, 0.15) is 12.2 Å². The van der Waals surface area contributed by atoms with Crippen LogP contribution in [0.1, 0.15) is 78.0 Å². The Balaban J connectivity index is 1.15. The number of anilines is 1. The first-order valence-corrected chi connectivity index (χ1v) is 15.9. The normalized spacial score (nSPS) is 26.0. The molecule has 0 unspecified atom stereocenters. The van der Waals surface area contributed by atoms with E-state index in [4.69, 9.17) is 0 Å². The number of carbonyl (C=O) groups excluding carboxylic acids is 2. The molecule has 1 aliphatic carbocycles. The number of amides is 2. The topological polar surface area (TPSA) is 74.6 Å². The maximum atomic E-state index is 14.5. The molecule has 240 valence electrons. The van der Waals surface area contributed by atoms with E-state index >= 15 is 0 Å². The number of likely N-dealkylation sites (tertiary alicyclic amines) is 2. The number of halogens is 3. The summed E-state index contributed by atoms with van der Waals surface area (Å²) in [5, 5.41) is 8.50. The summed E-state index contributed by atoms with van der Waals surface area (Å²) in [6.07, 6.45) is 0.534. The lowest BCUT2D eigenvalue weighted by Crippen LogP contribution is -2.43. The van der Waals surface area contributed by atoms with Crippen LogP contribution in [0.25, 0.3) is 0 Å². The van der Waals surface area contributed by atoms with Gasteiger partial charge in [-0.2, -0.15) is 13.2 Å². The molecule has 7 rings (SSSR count). The molecular weight excluding hydrogens is 593 g/mol. The van der Waals surface area contributed by atoms with Crippen LogP contribution in [0.2, 0.25) is 0 Å². The zero-order valence-corrected chi connectivity index (χ0v) is 26.3. The van der Waals surface area contributed by atoms with Gasteiger partial charge in [-0.1, -0.05) is 25.0 Å². The Morgan fingerprint density at radius 2 is 1.89 bits per heavy atom. The maximum absolute atomic E-state index is 14.5. The van der Waals surface area contributed by atoms with Crippen LogP contribution >= 0.6 is 0 Å². The number of aromatic nitrogens is 3. The minimum absolute atomic E-state index is 0.0202. The molecule has 2 amide bonds. The highest BCUT2D eigenvalue weighted by Gasteiger charge is 2.49. The molecular formula is C35H37F3N6O2. The second-order valence-electron chi connectivity index (χ2n) is 13.8. The number of alkyl halides is 3. The van der Waals surface area contributed by atoms with E-state index in [0.717, 1.165) is 43.6 Å². The van der Waals surface area contributed by atoms with E-state index in [1.54, 1.807) is 30.3 Å². The first-order valence-electron chi connectivity index (χ1n) is 15.9. The van der Waals surface area contributed by atoms with Crippen molar-refractivity contribution in [1.82, 2.24) is 24.6 Å². The monoisotopic (exact) mass is 630 g/mol. The molecule has 11 heteroatoms. The Bertz CT molecular complexity index is 1780. The fourth-order valence-corrected chi connectivity index (χ4v) is 8.43. The molecule has 3 aromatic rings. The van der Waals surface area contributed by atoms with Crippen LogP contribution in [0.15, 0.2) is 42.7 Å². The predicted molar refractivity (Wildman–Crippen MR) is 166 cm³/mol. The van der Waals surface area contributed by atoms with Crippen LogP contribution in [-0.4, -0.2) is 62.6 Å². The molecule has 46 heavy (non-hydrogen) atoms. The zero-order chi connectivity index (χ0) is 32.4. The van der Waals surface area contributed by atoms with Gasteiger partial charge in [-0.05, 0) is 91.9 Å². The van der Waals surface area contributed by atoms with Crippen molar-refractivity contribution in [3.05, 3.63) is 76.4 Å². The third-order valence-corrected chi connectivity index (χ3v) is 10.5. The van der Waals surface area contributed by atoms with E-state index in [1.807, 2.05) is 29.8 Å². The van der Waals surface area contributed by atoms with Gasteiger partial charge in [0.15, 0.2) is 0 Å². The molecule has 1 atom stereocenters. The molecule has 2 saturated heterocycles. The summed E-state index contributed by atoms with van der Waals surface area (Å²) in [7, 11) is 1.91. The van der Waals surface area contributed by atoms with E-state index in [0.29, 0.717) is 43.3 Å². The lowest BCUT2D eigenvalue weighted by molar-refractivity contribution is -0.138. The van der Waals surface area contributed by atoms with Crippen LogP contribution in [0, 0.1) is 23.2 Å². The Morgan fingerprint density at radius 1 is 1.11 bits per heavy atom. The number of carbonyl (C=O) groups is 2. The molecule has 0 radical (unpaired) electrons. The number of hydrogen-bond donors (Lipinski definition) is 0. The van der Waals surface area contributed by atoms with Crippen molar-refractivity contribution >= 4 is 17.5 Å². The number of rotatable bonds is 5. The fourth-order valence-electron chi connectivity index (χ4n) is 8.43. The van der Waals surface area contributed by atoms with Gasteiger partial charge >= 0.3 is 6.18 Å². The zero-order valence-electron chi connectivity index (χ0n) is 26.3. The summed E-state index contributed by atoms with van der Waals surface area (Å²) < 4.78 is 45.5. The second-order valence-corrected chi connectivity index (χ2v) is 13.8. The van der Waals surface area contributed by atoms with Crippen molar-refractivity contribution in [3.8, 4) is 11.8 Å². The minimum Gasteiger partial charge on any atom is -0.331 e. The van der Waals surface area contributed by atoms with Crippen LogP contribution < -0.4 is 4.90 Å². The Morgan fingerprint density at radius 3 is 2.59 bits per heavy atom. The summed E-state index contributed by atoms with van der Waals surface area (Å²) in [5.74, 6) is 6.01. The minimum atomic E-state index is -4.60. The molecule has 0 N–H and O–H groups in total. The average Bonchev–Trinajstić information content (AvgIpc) is 3.79. The van der Waals surface area contributed by atoms with E-state index in [-0.39, 0.29) is 34.4 Å². The smallest absolute Gasteiger partial charge is 0.331 e. The quantitative estimate of drug-likeness (QED) is 0.365. The summed E-state index contributed by atoms with van der Waals surface area (Å²) in [5.41, 5.74) is 0.973.